The fraction of sp³-hybridized carbons (Fsp3) is 0. The Labute approximate surface area is 85.8 Å². The second-order valence-electron chi connectivity index (χ2n) is 2.66. The molecule has 0 radical (unpaired) electrons. The highest BCUT2D eigenvalue weighted by Crippen LogP contribution is 2.10. The number of carboxylic acid groups (broad SMARTS) is 1. The van der Waals surface area contributed by atoms with Gasteiger partial charge in [-0.2, -0.15) is 5.06 Å². The van der Waals surface area contributed by atoms with Crippen molar-refractivity contribution in [3.05, 3.63) is 42.5 Å². The molecule has 0 heterocycles. The number of benzene rings is 1. The molecule has 0 aliphatic heterocycles. The van der Waals surface area contributed by atoms with E-state index < -0.39 is 11.9 Å². The van der Waals surface area contributed by atoms with Crippen LogP contribution in [0.4, 0.5) is 5.69 Å². The normalized spacial score (nSPS) is 10.2. The van der Waals surface area contributed by atoms with E-state index in [2.05, 4.69) is 0 Å². The lowest BCUT2D eigenvalue weighted by atomic mass is 10.3. The number of hydrogen-bond donors (Lipinski definition) is 2. The van der Waals surface area contributed by atoms with Crippen LogP contribution in [0.3, 0.4) is 0 Å². The fourth-order valence-electron chi connectivity index (χ4n) is 0.910. The molecule has 5 heteroatoms. The van der Waals surface area contributed by atoms with Crippen molar-refractivity contribution >= 4 is 17.6 Å². The van der Waals surface area contributed by atoms with Crippen LogP contribution < -0.4 is 5.06 Å². The quantitative estimate of drug-likeness (QED) is 0.441. The van der Waals surface area contributed by atoms with Crippen LogP contribution in [0.25, 0.3) is 0 Å². The van der Waals surface area contributed by atoms with E-state index in [1.165, 1.54) is 12.1 Å². The minimum Gasteiger partial charge on any atom is -0.478 e. The van der Waals surface area contributed by atoms with E-state index in [4.69, 9.17) is 5.11 Å². The number of amides is 1. The number of carbonyl (C=O) groups excluding carboxylic acids is 1. The molecule has 78 valence electrons. The molecule has 0 aliphatic rings. The highest BCUT2D eigenvalue weighted by molar-refractivity contribution is 6.02. The van der Waals surface area contributed by atoms with Crippen LogP contribution >= 0.6 is 0 Å². The second-order valence-corrected chi connectivity index (χ2v) is 2.66. The van der Waals surface area contributed by atoms with Gasteiger partial charge >= 0.3 is 5.97 Å². The minimum absolute atomic E-state index is 0.275. The Hall–Kier alpha value is -2.14. The van der Waals surface area contributed by atoms with E-state index in [1.807, 2.05) is 0 Å². The van der Waals surface area contributed by atoms with Crippen LogP contribution in [-0.2, 0) is 9.59 Å². The van der Waals surface area contributed by atoms with Crippen LogP contribution in [0.2, 0.25) is 0 Å². The molecule has 1 rings (SSSR count). The van der Waals surface area contributed by atoms with Crippen molar-refractivity contribution in [3.63, 3.8) is 0 Å². The van der Waals surface area contributed by atoms with Crippen molar-refractivity contribution in [2.45, 2.75) is 0 Å². The van der Waals surface area contributed by atoms with E-state index in [1.54, 1.807) is 18.2 Å². The zero-order valence-corrected chi connectivity index (χ0v) is 7.70. The number of rotatable bonds is 3. The van der Waals surface area contributed by atoms with Crippen molar-refractivity contribution in [1.29, 1.82) is 0 Å². The largest absolute Gasteiger partial charge is 0.478 e. The number of nitrogens with zero attached hydrogens (tertiary/aromatic N) is 1. The van der Waals surface area contributed by atoms with Gasteiger partial charge in [-0.25, -0.2) is 4.79 Å². The van der Waals surface area contributed by atoms with Crippen molar-refractivity contribution in [3.8, 4) is 0 Å². The van der Waals surface area contributed by atoms with Gasteiger partial charge in [0.15, 0.2) is 0 Å². The van der Waals surface area contributed by atoms with Gasteiger partial charge in [-0.15, -0.1) is 0 Å². The highest BCUT2D eigenvalue weighted by Gasteiger charge is 2.09. The van der Waals surface area contributed by atoms with Crippen LogP contribution in [0.15, 0.2) is 42.5 Å². The molecule has 0 aromatic heterocycles. The van der Waals surface area contributed by atoms with Crippen LogP contribution in [0.1, 0.15) is 0 Å². The summed E-state index contributed by atoms with van der Waals surface area (Å²) < 4.78 is 0. The number of aliphatic carboxylic acids is 1. The Morgan fingerprint density at radius 1 is 1.13 bits per heavy atom. The van der Waals surface area contributed by atoms with Crippen molar-refractivity contribution in [1.82, 2.24) is 0 Å². The average molecular weight is 207 g/mol. The third kappa shape index (κ3) is 3.24. The number of hydroxylamine groups is 1. The number of carbonyl (C=O) groups is 2. The van der Waals surface area contributed by atoms with E-state index >= 15 is 0 Å². The van der Waals surface area contributed by atoms with Gasteiger partial charge in [-0.1, -0.05) is 18.2 Å². The van der Waals surface area contributed by atoms with Crippen LogP contribution in [0, 0.1) is 0 Å². The Morgan fingerprint density at radius 3 is 2.27 bits per heavy atom. The molecular weight excluding hydrogens is 198 g/mol. The third-order valence-electron chi connectivity index (χ3n) is 1.58. The second kappa shape index (κ2) is 4.92. The molecule has 5 nitrogen and oxygen atoms in total. The number of anilines is 1. The first-order valence-electron chi connectivity index (χ1n) is 4.10. The molecular formula is C10H9NO4. The monoisotopic (exact) mass is 207 g/mol. The summed E-state index contributed by atoms with van der Waals surface area (Å²) in [4.78, 5) is 21.3. The molecule has 0 unspecified atom stereocenters. The van der Waals surface area contributed by atoms with Gasteiger partial charge in [0.1, 0.15) is 0 Å². The summed E-state index contributed by atoms with van der Waals surface area (Å²) in [6.45, 7) is 0. The number of para-hydroxylation sites is 1. The standard InChI is InChI=1S/C10H9NO4/c12-9(6-7-10(13)14)11(15)8-4-2-1-3-5-8/h1-7,15H,(H,13,14)/b7-6-. The highest BCUT2D eigenvalue weighted by atomic mass is 16.5. The van der Waals surface area contributed by atoms with E-state index in [0.29, 0.717) is 11.1 Å². The predicted octanol–water partition coefficient (Wildman–Crippen LogP) is 1.05. The van der Waals surface area contributed by atoms with Gasteiger partial charge in [0, 0.05) is 12.2 Å². The Balaban J connectivity index is 2.74. The van der Waals surface area contributed by atoms with Crippen LogP contribution in [0.5, 0.6) is 0 Å². The maximum atomic E-state index is 11.2. The first kappa shape index (κ1) is 10.9. The summed E-state index contributed by atoms with van der Waals surface area (Å²) in [5, 5.41) is 18.0. The lowest BCUT2D eigenvalue weighted by molar-refractivity contribution is -0.131. The molecule has 1 aromatic rings. The lowest BCUT2D eigenvalue weighted by Gasteiger charge is -2.11. The molecule has 15 heavy (non-hydrogen) atoms. The first-order chi connectivity index (χ1) is 7.11. The summed E-state index contributed by atoms with van der Waals surface area (Å²) in [6, 6.07) is 8.06. The van der Waals surface area contributed by atoms with Crippen LogP contribution in [-0.4, -0.2) is 22.2 Å². The van der Waals surface area contributed by atoms with Crippen molar-refractivity contribution in [2.75, 3.05) is 5.06 Å². The fourth-order valence-corrected chi connectivity index (χ4v) is 0.910. The Bertz CT molecular complexity index is 386. The molecule has 0 spiro atoms. The molecule has 0 aliphatic carbocycles. The topological polar surface area (TPSA) is 77.8 Å². The van der Waals surface area contributed by atoms with E-state index in [9.17, 15) is 14.8 Å². The van der Waals surface area contributed by atoms with Gasteiger partial charge in [-0.05, 0) is 12.1 Å². The molecule has 1 amide bonds. The molecule has 0 saturated carbocycles. The molecule has 0 atom stereocenters. The zero-order chi connectivity index (χ0) is 11.3. The Morgan fingerprint density at radius 2 is 1.73 bits per heavy atom. The summed E-state index contributed by atoms with van der Waals surface area (Å²) in [5.41, 5.74) is 0.275. The summed E-state index contributed by atoms with van der Waals surface area (Å²) >= 11 is 0. The molecule has 1 aromatic carbocycles. The van der Waals surface area contributed by atoms with Crippen molar-refractivity contribution < 1.29 is 19.9 Å². The van der Waals surface area contributed by atoms with Gasteiger partial charge in [0.25, 0.3) is 5.91 Å². The van der Waals surface area contributed by atoms with E-state index in [-0.39, 0.29) is 5.69 Å². The van der Waals surface area contributed by atoms with E-state index in [0.717, 1.165) is 6.08 Å². The summed E-state index contributed by atoms with van der Waals surface area (Å²) in [5.74, 6) is -2.06. The molecule has 0 saturated heterocycles. The molecule has 0 bridgehead atoms. The SMILES string of the molecule is O=C(O)/C=C\C(=O)N(O)c1ccccc1. The average Bonchev–Trinajstić information content (AvgIpc) is 2.26. The van der Waals surface area contributed by atoms with Gasteiger partial charge < -0.3 is 5.11 Å². The molecule has 0 fully saturated rings. The zero-order valence-electron chi connectivity index (χ0n) is 7.70. The maximum Gasteiger partial charge on any atom is 0.328 e. The Kier molecular flexibility index (Phi) is 3.59. The first-order valence-corrected chi connectivity index (χ1v) is 4.10. The predicted molar refractivity (Wildman–Crippen MR) is 52.5 cm³/mol. The summed E-state index contributed by atoms with van der Waals surface area (Å²) in [7, 11) is 0. The smallest absolute Gasteiger partial charge is 0.328 e. The number of hydrogen-bond acceptors (Lipinski definition) is 3. The third-order valence-corrected chi connectivity index (χ3v) is 1.58. The van der Waals surface area contributed by atoms with Gasteiger partial charge in [0.2, 0.25) is 0 Å². The maximum absolute atomic E-state index is 11.2. The van der Waals surface area contributed by atoms with Gasteiger partial charge in [0.05, 0.1) is 5.69 Å². The number of carboxylic acids is 1. The van der Waals surface area contributed by atoms with Gasteiger partial charge in [-0.3, -0.25) is 10.0 Å². The summed E-state index contributed by atoms with van der Waals surface area (Å²) in [6.07, 6.45) is 1.43. The minimum atomic E-state index is -1.25. The van der Waals surface area contributed by atoms with Crippen molar-refractivity contribution in [2.24, 2.45) is 0 Å². The molecule has 2 N–H and O–H groups in total. The lowest BCUT2D eigenvalue weighted by Crippen LogP contribution is -2.24.